The lowest BCUT2D eigenvalue weighted by Crippen LogP contribution is -2.52. The number of aryl methyl sites for hydroxylation is 1. The topological polar surface area (TPSA) is 112 Å². The zero-order valence-electron chi connectivity index (χ0n) is 18.6. The Labute approximate surface area is 195 Å². The molecule has 34 heavy (non-hydrogen) atoms. The maximum atomic E-state index is 13.2. The van der Waals surface area contributed by atoms with Crippen LogP contribution in [0.3, 0.4) is 0 Å². The van der Waals surface area contributed by atoms with Gasteiger partial charge in [-0.15, -0.1) is 0 Å². The van der Waals surface area contributed by atoms with Gasteiger partial charge in [0.05, 0.1) is 29.2 Å². The molecule has 4 aromatic rings. The molecule has 0 radical (unpaired) electrons. The third-order valence-electron chi connectivity index (χ3n) is 6.07. The normalized spacial score (nSPS) is 13.8. The van der Waals surface area contributed by atoms with Gasteiger partial charge >= 0.3 is 0 Å². The van der Waals surface area contributed by atoms with Crippen LogP contribution in [0.25, 0.3) is 22.2 Å². The quantitative estimate of drug-likeness (QED) is 0.375. The molecule has 1 aliphatic heterocycles. The molecule has 0 atom stereocenters. The Hall–Kier alpha value is -4.40. The average Bonchev–Trinajstić information content (AvgIpc) is 3.35. The van der Waals surface area contributed by atoms with Crippen molar-refractivity contribution >= 4 is 28.5 Å². The number of amides is 2. The van der Waals surface area contributed by atoms with Crippen LogP contribution in [0.5, 0.6) is 0 Å². The first-order chi connectivity index (χ1) is 16.5. The number of pyridine rings is 1. The third kappa shape index (κ3) is 3.81. The summed E-state index contributed by atoms with van der Waals surface area (Å²) in [5.41, 5.74) is 3.77. The Kier molecular flexibility index (Phi) is 5.59. The van der Waals surface area contributed by atoms with Crippen molar-refractivity contribution in [2.24, 2.45) is 0 Å². The second-order valence-corrected chi connectivity index (χ2v) is 8.15. The van der Waals surface area contributed by atoms with Crippen molar-refractivity contribution in [3.8, 4) is 11.3 Å². The summed E-state index contributed by atoms with van der Waals surface area (Å²) in [5, 5.41) is 8.36. The van der Waals surface area contributed by atoms with Gasteiger partial charge in [0.1, 0.15) is 0 Å². The number of carbonyl (C=O) groups is 3. The van der Waals surface area contributed by atoms with E-state index in [1.54, 1.807) is 47.9 Å². The standard InChI is InChI=1S/C25H22N6O3/c1-16-13-26-21(18-7-8-28-29-14-18)22-20(16)19(15-27-22)23(32)25(34)31-11-9-30(10-12-31)24(33)17-5-3-2-4-6-17/h2-8,13-15,27H,9-12H2,1H3. The predicted octanol–water partition coefficient (Wildman–Crippen LogP) is 2.50. The fourth-order valence-electron chi connectivity index (χ4n) is 4.27. The summed E-state index contributed by atoms with van der Waals surface area (Å²) >= 11 is 0. The van der Waals surface area contributed by atoms with Crippen LogP contribution in [0.1, 0.15) is 26.3 Å². The van der Waals surface area contributed by atoms with E-state index < -0.39 is 11.7 Å². The molecule has 170 valence electrons. The lowest BCUT2D eigenvalue weighted by molar-refractivity contribution is -0.127. The van der Waals surface area contributed by atoms with Gasteiger partial charge in [-0.25, -0.2) is 0 Å². The fourth-order valence-corrected chi connectivity index (χ4v) is 4.27. The molecule has 0 bridgehead atoms. The number of nitrogens with zero attached hydrogens (tertiary/aromatic N) is 5. The predicted molar refractivity (Wildman–Crippen MR) is 125 cm³/mol. The lowest BCUT2D eigenvalue weighted by Gasteiger charge is -2.34. The van der Waals surface area contributed by atoms with E-state index >= 15 is 0 Å². The summed E-state index contributed by atoms with van der Waals surface area (Å²) < 4.78 is 0. The highest BCUT2D eigenvalue weighted by atomic mass is 16.2. The van der Waals surface area contributed by atoms with Crippen LogP contribution < -0.4 is 0 Å². The van der Waals surface area contributed by atoms with Crippen LogP contribution in [-0.2, 0) is 4.79 Å². The lowest BCUT2D eigenvalue weighted by atomic mass is 10.0. The summed E-state index contributed by atoms with van der Waals surface area (Å²) in [7, 11) is 0. The highest BCUT2D eigenvalue weighted by Crippen LogP contribution is 2.30. The molecule has 3 aromatic heterocycles. The molecule has 0 spiro atoms. The number of hydrogen-bond acceptors (Lipinski definition) is 6. The number of carbonyl (C=O) groups excluding carboxylic acids is 3. The maximum Gasteiger partial charge on any atom is 0.295 e. The van der Waals surface area contributed by atoms with Gasteiger partial charge < -0.3 is 14.8 Å². The number of benzene rings is 1. The molecule has 1 saturated heterocycles. The molecular weight excluding hydrogens is 432 g/mol. The van der Waals surface area contributed by atoms with E-state index in [-0.39, 0.29) is 5.91 Å². The van der Waals surface area contributed by atoms with Crippen molar-refractivity contribution in [2.75, 3.05) is 26.2 Å². The van der Waals surface area contributed by atoms with E-state index in [2.05, 4.69) is 20.2 Å². The number of ketones is 1. The molecule has 0 saturated carbocycles. The first-order valence-corrected chi connectivity index (χ1v) is 11.0. The number of H-pyrrole nitrogens is 1. The van der Waals surface area contributed by atoms with Gasteiger partial charge in [0.2, 0.25) is 0 Å². The Bertz CT molecular complexity index is 1380. The van der Waals surface area contributed by atoms with E-state index in [4.69, 9.17) is 0 Å². The summed E-state index contributed by atoms with van der Waals surface area (Å²) in [5.74, 6) is -1.23. The number of aromatic nitrogens is 4. The highest BCUT2D eigenvalue weighted by molar-refractivity contribution is 6.45. The Morgan fingerprint density at radius 1 is 0.912 bits per heavy atom. The minimum absolute atomic E-state index is 0.0723. The summed E-state index contributed by atoms with van der Waals surface area (Å²) in [6, 6.07) is 10.8. The first-order valence-electron chi connectivity index (χ1n) is 11.0. The van der Waals surface area contributed by atoms with E-state index in [1.807, 2.05) is 25.1 Å². The molecule has 1 fully saturated rings. The molecule has 1 aromatic carbocycles. The summed E-state index contributed by atoms with van der Waals surface area (Å²) in [6.45, 7) is 3.22. The monoisotopic (exact) mass is 454 g/mol. The van der Waals surface area contributed by atoms with Crippen molar-refractivity contribution in [2.45, 2.75) is 6.92 Å². The maximum absolute atomic E-state index is 13.2. The summed E-state index contributed by atoms with van der Waals surface area (Å²) in [6.07, 6.45) is 6.41. The third-order valence-corrected chi connectivity index (χ3v) is 6.07. The molecule has 9 nitrogen and oxygen atoms in total. The van der Waals surface area contributed by atoms with Gasteiger partial charge in [-0.1, -0.05) is 18.2 Å². The number of nitrogens with one attached hydrogen (secondary N) is 1. The van der Waals surface area contributed by atoms with Crippen LogP contribution in [-0.4, -0.2) is 73.7 Å². The second kappa shape index (κ2) is 8.86. The van der Waals surface area contributed by atoms with Crippen molar-refractivity contribution in [1.82, 2.24) is 30.0 Å². The highest BCUT2D eigenvalue weighted by Gasteiger charge is 2.30. The zero-order chi connectivity index (χ0) is 23.7. The van der Waals surface area contributed by atoms with Gasteiger partial charge in [-0.2, -0.15) is 10.2 Å². The zero-order valence-corrected chi connectivity index (χ0v) is 18.6. The average molecular weight is 454 g/mol. The summed E-state index contributed by atoms with van der Waals surface area (Å²) in [4.78, 5) is 49.8. The molecular formula is C25H22N6O3. The van der Waals surface area contributed by atoms with E-state index in [1.165, 1.54) is 4.90 Å². The number of hydrogen-bond donors (Lipinski definition) is 1. The minimum Gasteiger partial charge on any atom is -0.359 e. The molecule has 5 rings (SSSR count). The second-order valence-electron chi connectivity index (χ2n) is 8.15. The molecule has 0 aliphatic carbocycles. The van der Waals surface area contributed by atoms with Crippen LogP contribution in [0, 0.1) is 6.92 Å². The van der Waals surface area contributed by atoms with Gasteiger partial charge in [-0.05, 0) is 30.7 Å². The Balaban J connectivity index is 1.35. The van der Waals surface area contributed by atoms with Crippen molar-refractivity contribution in [3.05, 3.63) is 77.9 Å². The van der Waals surface area contributed by atoms with Gasteiger partial charge in [0.15, 0.2) is 0 Å². The largest absolute Gasteiger partial charge is 0.359 e. The number of Topliss-reactive ketones (excluding diaryl/α,β-unsaturated/α-hetero) is 1. The Morgan fingerprint density at radius 2 is 1.65 bits per heavy atom. The molecule has 1 N–H and O–H groups in total. The number of piperazine rings is 1. The van der Waals surface area contributed by atoms with Crippen molar-refractivity contribution in [1.29, 1.82) is 0 Å². The number of aromatic amines is 1. The fraction of sp³-hybridized carbons (Fsp3) is 0.200. The van der Waals surface area contributed by atoms with Crippen molar-refractivity contribution in [3.63, 3.8) is 0 Å². The minimum atomic E-state index is -0.581. The van der Waals surface area contributed by atoms with Gasteiger partial charge in [0, 0.05) is 55.1 Å². The molecule has 4 heterocycles. The first kappa shape index (κ1) is 21.4. The molecule has 9 heteroatoms. The van der Waals surface area contributed by atoms with E-state index in [9.17, 15) is 14.4 Å². The smallest absolute Gasteiger partial charge is 0.295 e. The molecule has 0 unspecified atom stereocenters. The van der Waals surface area contributed by atoms with E-state index in [0.29, 0.717) is 53.9 Å². The van der Waals surface area contributed by atoms with Crippen LogP contribution in [0.2, 0.25) is 0 Å². The van der Waals surface area contributed by atoms with Crippen LogP contribution in [0.4, 0.5) is 0 Å². The van der Waals surface area contributed by atoms with Crippen LogP contribution in [0.15, 0.2) is 61.2 Å². The SMILES string of the molecule is Cc1cnc(-c2ccnnc2)c2[nH]cc(C(=O)C(=O)N3CCN(C(=O)c4ccccc4)CC3)c12. The molecule has 1 aliphatic rings. The van der Waals surface area contributed by atoms with Gasteiger partial charge in [0.25, 0.3) is 17.6 Å². The van der Waals surface area contributed by atoms with Crippen molar-refractivity contribution < 1.29 is 14.4 Å². The number of rotatable bonds is 4. The Morgan fingerprint density at radius 3 is 2.35 bits per heavy atom. The van der Waals surface area contributed by atoms with Gasteiger partial charge in [-0.3, -0.25) is 19.4 Å². The molecule has 2 amide bonds. The number of fused-ring (bicyclic) bond motifs is 1. The van der Waals surface area contributed by atoms with Crippen LogP contribution >= 0.6 is 0 Å². The van der Waals surface area contributed by atoms with E-state index in [0.717, 1.165) is 11.1 Å².